The summed E-state index contributed by atoms with van der Waals surface area (Å²) in [5.41, 5.74) is 4.62. The van der Waals surface area contributed by atoms with E-state index in [1.54, 1.807) is 0 Å². The maximum absolute atomic E-state index is 12.2. The first-order valence-electron chi connectivity index (χ1n) is 8.99. The van der Waals surface area contributed by atoms with E-state index in [0.29, 0.717) is 6.42 Å². The molecular weight excluding hydrogens is 312 g/mol. The number of ether oxygens (including phenoxy) is 1. The van der Waals surface area contributed by atoms with Crippen molar-refractivity contribution >= 4 is 17.3 Å². The normalized spacial score (nSPS) is 14.4. The van der Waals surface area contributed by atoms with E-state index in [2.05, 4.69) is 41.4 Å². The summed E-state index contributed by atoms with van der Waals surface area (Å²) < 4.78 is 5.39. The first-order chi connectivity index (χ1) is 12.2. The predicted octanol–water partition coefficient (Wildman–Crippen LogP) is 3.79. The number of hydrogen-bond donors (Lipinski definition) is 1. The summed E-state index contributed by atoms with van der Waals surface area (Å²) in [6.07, 6.45) is 2.34. The molecule has 1 heterocycles. The maximum atomic E-state index is 12.2. The summed E-state index contributed by atoms with van der Waals surface area (Å²) in [6.45, 7) is 5.43. The lowest BCUT2D eigenvalue weighted by Crippen LogP contribution is -2.36. The number of carbonyl (C=O) groups excluding carboxylic acids is 1. The molecule has 0 radical (unpaired) electrons. The minimum Gasteiger partial charge on any atom is -0.378 e. The largest absolute Gasteiger partial charge is 0.378 e. The van der Waals surface area contributed by atoms with Gasteiger partial charge in [0.2, 0.25) is 5.91 Å². The Balaban J connectivity index is 1.50. The Morgan fingerprint density at radius 1 is 1.12 bits per heavy atom. The third-order valence-corrected chi connectivity index (χ3v) is 4.62. The van der Waals surface area contributed by atoms with Gasteiger partial charge in [-0.25, -0.2) is 0 Å². The summed E-state index contributed by atoms with van der Waals surface area (Å²) in [5.74, 6) is 0.0766. The molecule has 4 heteroatoms. The van der Waals surface area contributed by atoms with Crippen LogP contribution in [0.2, 0.25) is 0 Å². The van der Waals surface area contributed by atoms with E-state index in [-0.39, 0.29) is 5.91 Å². The fraction of sp³-hybridized carbons (Fsp3) is 0.381. The van der Waals surface area contributed by atoms with Crippen LogP contribution in [0.4, 0.5) is 11.4 Å². The van der Waals surface area contributed by atoms with Crippen LogP contribution in [0.1, 0.15) is 24.0 Å². The van der Waals surface area contributed by atoms with Gasteiger partial charge in [-0.3, -0.25) is 4.79 Å². The van der Waals surface area contributed by atoms with Crippen molar-refractivity contribution in [1.82, 2.24) is 0 Å². The number of carbonyl (C=O) groups is 1. The molecule has 2 aromatic carbocycles. The molecule has 0 saturated carbocycles. The number of hydrogen-bond acceptors (Lipinski definition) is 3. The average Bonchev–Trinajstić information content (AvgIpc) is 2.64. The van der Waals surface area contributed by atoms with Crippen LogP contribution in [0, 0.1) is 6.92 Å². The van der Waals surface area contributed by atoms with Crippen LogP contribution in [-0.2, 0) is 16.0 Å². The highest BCUT2D eigenvalue weighted by atomic mass is 16.5. The van der Waals surface area contributed by atoms with Crippen LogP contribution < -0.4 is 10.2 Å². The van der Waals surface area contributed by atoms with Crippen LogP contribution in [-0.4, -0.2) is 32.2 Å². The minimum absolute atomic E-state index is 0.0766. The summed E-state index contributed by atoms with van der Waals surface area (Å²) in [5, 5.41) is 3.03. The number of rotatable bonds is 6. The van der Waals surface area contributed by atoms with Gasteiger partial charge < -0.3 is 15.0 Å². The van der Waals surface area contributed by atoms with Crippen molar-refractivity contribution in [3.63, 3.8) is 0 Å². The molecule has 25 heavy (non-hydrogen) atoms. The van der Waals surface area contributed by atoms with Crippen LogP contribution in [0.25, 0.3) is 0 Å². The summed E-state index contributed by atoms with van der Waals surface area (Å²) in [7, 11) is 0. The van der Waals surface area contributed by atoms with Crippen molar-refractivity contribution in [2.24, 2.45) is 0 Å². The molecule has 1 N–H and O–H groups in total. The van der Waals surface area contributed by atoms with Gasteiger partial charge in [0.05, 0.1) is 13.2 Å². The number of aryl methyl sites for hydroxylation is 2. The molecule has 0 unspecified atom stereocenters. The van der Waals surface area contributed by atoms with Crippen LogP contribution >= 0.6 is 0 Å². The Kier molecular flexibility index (Phi) is 6.07. The highest BCUT2D eigenvalue weighted by molar-refractivity contribution is 5.91. The second-order valence-electron chi connectivity index (χ2n) is 6.48. The van der Waals surface area contributed by atoms with E-state index in [1.807, 2.05) is 24.3 Å². The number of morpholine rings is 1. The molecule has 0 bridgehead atoms. The molecule has 0 aromatic heterocycles. The van der Waals surface area contributed by atoms with Gasteiger partial charge in [0, 0.05) is 30.9 Å². The Labute approximate surface area is 149 Å². The third-order valence-electron chi connectivity index (χ3n) is 4.62. The fourth-order valence-electron chi connectivity index (χ4n) is 3.16. The number of anilines is 2. The Morgan fingerprint density at radius 3 is 2.72 bits per heavy atom. The quantitative estimate of drug-likeness (QED) is 0.871. The molecule has 2 aromatic rings. The van der Waals surface area contributed by atoms with Crippen molar-refractivity contribution < 1.29 is 9.53 Å². The zero-order valence-electron chi connectivity index (χ0n) is 14.8. The van der Waals surface area contributed by atoms with E-state index < -0.39 is 0 Å². The van der Waals surface area contributed by atoms with Crippen molar-refractivity contribution in [3.05, 3.63) is 59.7 Å². The molecule has 132 valence electrons. The van der Waals surface area contributed by atoms with Gasteiger partial charge in [-0.05, 0) is 49.1 Å². The predicted molar refractivity (Wildman–Crippen MR) is 102 cm³/mol. The third kappa shape index (κ3) is 5.07. The molecule has 1 aliphatic heterocycles. The molecule has 0 spiro atoms. The first-order valence-corrected chi connectivity index (χ1v) is 8.99. The van der Waals surface area contributed by atoms with Crippen molar-refractivity contribution in [2.45, 2.75) is 26.2 Å². The minimum atomic E-state index is 0.0766. The standard InChI is InChI=1S/C21H26N2O2/c1-17-6-2-3-7-18(17)8-4-11-21(24)22-19-9-5-10-20(16-19)23-12-14-25-15-13-23/h2-3,5-7,9-10,16H,4,8,11-15H2,1H3,(H,22,24). The fourth-order valence-corrected chi connectivity index (χ4v) is 3.16. The second kappa shape index (κ2) is 8.67. The molecule has 1 fully saturated rings. The average molecular weight is 338 g/mol. The number of benzene rings is 2. The summed E-state index contributed by atoms with van der Waals surface area (Å²) >= 11 is 0. The van der Waals surface area contributed by atoms with E-state index >= 15 is 0 Å². The lowest BCUT2D eigenvalue weighted by Gasteiger charge is -2.29. The maximum Gasteiger partial charge on any atom is 0.224 e. The van der Waals surface area contributed by atoms with Gasteiger partial charge in [0.25, 0.3) is 0 Å². The summed E-state index contributed by atoms with van der Waals surface area (Å²) in [4.78, 5) is 14.5. The molecule has 1 amide bonds. The zero-order valence-corrected chi connectivity index (χ0v) is 14.8. The van der Waals surface area contributed by atoms with E-state index in [1.165, 1.54) is 11.1 Å². The lowest BCUT2D eigenvalue weighted by atomic mass is 10.0. The number of amides is 1. The number of nitrogens with zero attached hydrogens (tertiary/aromatic N) is 1. The van der Waals surface area contributed by atoms with Crippen molar-refractivity contribution in [2.75, 3.05) is 36.5 Å². The Hall–Kier alpha value is -2.33. The molecule has 0 atom stereocenters. The van der Waals surface area contributed by atoms with Gasteiger partial charge >= 0.3 is 0 Å². The van der Waals surface area contributed by atoms with Gasteiger partial charge in [-0.2, -0.15) is 0 Å². The SMILES string of the molecule is Cc1ccccc1CCCC(=O)Nc1cccc(N2CCOCC2)c1. The molecule has 0 aliphatic carbocycles. The topological polar surface area (TPSA) is 41.6 Å². The van der Waals surface area contributed by atoms with Crippen LogP contribution in [0.5, 0.6) is 0 Å². The van der Waals surface area contributed by atoms with E-state index in [9.17, 15) is 4.79 Å². The zero-order chi connectivity index (χ0) is 17.5. The second-order valence-corrected chi connectivity index (χ2v) is 6.48. The van der Waals surface area contributed by atoms with Crippen molar-refractivity contribution in [1.29, 1.82) is 0 Å². The van der Waals surface area contributed by atoms with Gasteiger partial charge in [0.15, 0.2) is 0 Å². The highest BCUT2D eigenvalue weighted by Gasteiger charge is 2.12. The monoisotopic (exact) mass is 338 g/mol. The molecular formula is C21H26N2O2. The lowest BCUT2D eigenvalue weighted by molar-refractivity contribution is -0.116. The molecule has 4 nitrogen and oxygen atoms in total. The Morgan fingerprint density at radius 2 is 1.92 bits per heavy atom. The van der Waals surface area contributed by atoms with Crippen LogP contribution in [0.3, 0.4) is 0 Å². The molecule has 1 saturated heterocycles. The van der Waals surface area contributed by atoms with E-state index in [0.717, 1.165) is 50.5 Å². The van der Waals surface area contributed by atoms with Gasteiger partial charge in [-0.1, -0.05) is 30.3 Å². The summed E-state index contributed by atoms with van der Waals surface area (Å²) in [6, 6.07) is 16.4. The van der Waals surface area contributed by atoms with Gasteiger partial charge in [-0.15, -0.1) is 0 Å². The smallest absolute Gasteiger partial charge is 0.224 e. The molecule has 3 rings (SSSR count). The van der Waals surface area contributed by atoms with Gasteiger partial charge in [0.1, 0.15) is 0 Å². The highest BCUT2D eigenvalue weighted by Crippen LogP contribution is 2.21. The Bertz CT molecular complexity index is 709. The van der Waals surface area contributed by atoms with E-state index in [4.69, 9.17) is 4.74 Å². The van der Waals surface area contributed by atoms with Crippen molar-refractivity contribution in [3.8, 4) is 0 Å². The first kappa shape index (κ1) is 17.5. The molecule has 1 aliphatic rings. The number of nitrogens with one attached hydrogen (secondary N) is 1. The van der Waals surface area contributed by atoms with Crippen LogP contribution in [0.15, 0.2) is 48.5 Å².